The van der Waals surface area contributed by atoms with E-state index in [0.717, 1.165) is 18.4 Å². The molecule has 0 saturated carbocycles. The van der Waals surface area contributed by atoms with Crippen LogP contribution in [0.1, 0.15) is 25.3 Å². The highest BCUT2D eigenvalue weighted by atomic mass is 16.1. The molecule has 74 valence electrons. The van der Waals surface area contributed by atoms with Crippen molar-refractivity contribution >= 4 is 5.78 Å². The van der Waals surface area contributed by atoms with Crippen molar-refractivity contribution in [1.82, 2.24) is 0 Å². The van der Waals surface area contributed by atoms with Crippen LogP contribution in [0.2, 0.25) is 0 Å². The molecular formula is C13H16O. The first kappa shape index (κ1) is 10.7. The molecule has 0 amide bonds. The SMILES string of the molecule is CCC/C=C/C(=O)Cc1ccccc1. The van der Waals surface area contributed by atoms with Crippen LogP contribution in [0.5, 0.6) is 0 Å². The maximum atomic E-state index is 11.4. The molecule has 1 nitrogen and oxygen atoms in total. The Kier molecular flexibility index (Phi) is 4.70. The number of rotatable bonds is 5. The monoisotopic (exact) mass is 188 g/mol. The van der Waals surface area contributed by atoms with Crippen molar-refractivity contribution in [1.29, 1.82) is 0 Å². The maximum Gasteiger partial charge on any atom is 0.159 e. The molecule has 14 heavy (non-hydrogen) atoms. The molecule has 0 aliphatic carbocycles. The normalized spacial score (nSPS) is 10.6. The van der Waals surface area contributed by atoms with Crippen LogP contribution in [0.15, 0.2) is 42.5 Å². The van der Waals surface area contributed by atoms with Crippen LogP contribution >= 0.6 is 0 Å². The molecule has 0 heterocycles. The number of carbonyl (C=O) groups excluding carboxylic acids is 1. The summed E-state index contributed by atoms with van der Waals surface area (Å²) in [6, 6.07) is 9.83. The molecule has 0 N–H and O–H groups in total. The summed E-state index contributed by atoms with van der Waals surface area (Å²) in [7, 11) is 0. The van der Waals surface area contributed by atoms with E-state index in [-0.39, 0.29) is 5.78 Å². The number of allylic oxidation sites excluding steroid dienone is 2. The van der Waals surface area contributed by atoms with E-state index in [1.807, 2.05) is 36.4 Å². The largest absolute Gasteiger partial charge is 0.294 e. The van der Waals surface area contributed by atoms with Crippen molar-refractivity contribution in [3.8, 4) is 0 Å². The number of benzene rings is 1. The molecule has 0 radical (unpaired) electrons. The Balaban J connectivity index is 2.42. The Morgan fingerprint density at radius 1 is 1.29 bits per heavy atom. The average molecular weight is 188 g/mol. The quantitative estimate of drug-likeness (QED) is 0.649. The third-order valence-corrected chi connectivity index (χ3v) is 1.98. The molecule has 1 rings (SSSR count). The summed E-state index contributed by atoms with van der Waals surface area (Å²) >= 11 is 0. The molecule has 0 spiro atoms. The highest BCUT2D eigenvalue weighted by molar-refractivity contribution is 5.91. The van der Waals surface area contributed by atoms with Crippen LogP contribution in [0, 0.1) is 0 Å². The van der Waals surface area contributed by atoms with Gasteiger partial charge in [0.25, 0.3) is 0 Å². The fourth-order valence-corrected chi connectivity index (χ4v) is 1.24. The maximum absolute atomic E-state index is 11.4. The van der Waals surface area contributed by atoms with Crippen LogP contribution in [-0.4, -0.2) is 5.78 Å². The van der Waals surface area contributed by atoms with E-state index in [1.165, 1.54) is 0 Å². The lowest BCUT2D eigenvalue weighted by molar-refractivity contribution is -0.114. The number of hydrogen-bond acceptors (Lipinski definition) is 1. The molecule has 0 aliphatic heterocycles. The molecule has 0 aromatic heterocycles. The molecule has 1 aromatic rings. The van der Waals surface area contributed by atoms with Gasteiger partial charge in [-0.15, -0.1) is 0 Å². The van der Waals surface area contributed by atoms with Crippen molar-refractivity contribution in [2.24, 2.45) is 0 Å². The molecular weight excluding hydrogens is 172 g/mol. The summed E-state index contributed by atoms with van der Waals surface area (Å²) in [6.07, 6.45) is 6.23. The first-order chi connectivity index (χ1) is 6.83. The van der Waals surface area contributed by atoms with Crippen LogP contribution in [0.4, 0.5) is 0 Å². The van der Waals surface area contributed by atoms with Gasteiger partial charge in [-0.05, 0) is 18.1 Å². The number of unbranched alkanes of at least 4 members (excludes halogenated alkanes) is 1. The highest BCUT2D eigenvalue weighted by Gasteiger charge is 1.97. The van der Waals surface area contributed by atoms with Crippen molar-refractivity contribution in [3.05, 3.63) is 48.0 Å². The van der Waals surface area contributed by atoms with E-state index in [4.69, 9.17) is 0 Å². The smallest absolute Gasteiger partial charge is 0.159 e. The van der Waals surface area contributed by atoms with Crippen molar-refractivity contribution in [2.75, 3.05) is 0 Å². The van der Waals surface area contributed by atoms with Crippen LogP contribution in [-0.2, 0) is 11.2 Å². The van der Waals surface area contributed by atoms with E-state index in [2.05, 4.69) is 6.92 Å². The van der Waals surface area contributed by atoms with Crippen molar-refractivity contribution < 1.29 is 4.79 Å². The zero-order valence-corrected chi connectivity index (χ0v) is 8.57. The van der Waals surface area contributed by atoms with Gasteiger partial charge in [0.15, 0.2) is 5.78 Å². The third-order valence-electron chi connectivity index (χ3n) is 1.98. The van der Waals surface area contributed by atoms with Crippen LogP contribution in [0.3, 0.4) is 0 Å². The predicted molar refractivity (Wildman–Crippen MR) is 59.2 cm³/mol. The first-order valence-corrected chi connectivity index (χ1v) is 5.06. The number of ketones is 1. The van der Waals surface area contributed by atoms with Gasteiger partial charge in [0.05, 0.1) is 0 Å². The predicted octanol–water partition coefficient (Wildman–Crippen LogP) is 3.15. The lowest BCUT2D eigenvalue weighted by atomic mass is 10.1. The molecule has 0 unspecified atom stereocenters. The van der Waals surface area contributed by atoms with Gasteiger partial charge >= 0.3 is 0 Å². The Hall–Kier alpha value is -1.37. The lowest BCUT2D eigenvalue weighted by Gasteiger charge is -1.95. The molecule has 0 aliphatic rings. The minimum atomic E-state index is 0.185. The highest BCUT2D eigenvalue weighted by Crippen LogP contribution is 2.01. The molecule has 0 saturated heterocycles. The first-order valence-electron chi connectivity index (χ1n) is 5.06. The Bertz CT molecular complexity index is 298. The van der Waals surface area contributed by atoms with E-state index < -0.39 is 0 Å². The van der Waals surface area contributed by atoms with Gasteiger partial charge in [0.1, 0.15) is 0 Å². The summed E-state index contributed by atoms with van der Waals surface area (Å²) in [4.78, 5) is 11.4. The summed E-state index contributed by atoms with van der Waals surface area (Å²) in [5, 5.41) is 0. The fourth-order valence-electron chi connectivity index (χ4n) is 1.24. The Labute approximate surface area is 85.5 Å². The van der Waals surface area contributed by atoms with Crippen LogP contribution in [0.25, 0.3) is 0 Å². The molecule has 0 bridgehead atoms. The number of hydrogen-bond donors (Lipinski definition) is 0. The topological polar surface area (TPSA) is 17.1 Å². The lowest BCUT2D eigenvalue weighted by Crippen LogP contribution is -1.97. The van der Waals surface area contributed by atoms with Gasteiger partial charge < -0.3 is 0 Å². The zero-order valence-electron chi connectivity index (χ0n) is 8.57. The standard InChI is InChI=1S/C13H16O/c1-2-3-5-10-13(14)11-12-8-6-4-7-9-12/h4-10H,2-3,11H2,1H3/b10-5+. The minimum Gasteiger partial charge on any atom is -0.294 e. The van der Waals surface area contributed by atoms with Gasteiger partial charge in [0, 0.05) is 6.42 Å². The van der Waals surface area contributed by atoms with Gasteiger partial charge in [-0.2, -0.15) is 0 Å². The van der Waals surface area contributed by atoms with Gasteiger partial charge in [-0.3, -0.25) is 4.79 Å². The molecule has 0 fully saturated rings. The van der Waals surface area contributed by atoms with Crippen molar-refractivity contribution in [3.63, 3.8) is 0 Å². The van der Waals surface area contributed by atoms with Gasteiger partial charge in [-0.1, -0.05) is 49.8 Å². The van der Waals surface area contributed by atoms with E-state index >= 15 is 0 Å². The molecule has 1 heteroatoms. The van der Waals surface area contributed by atoms with Gasteiger partial charge in [0.2, 0.25) is 0 Å². The summed E-state index contributed by atoms with van der Waals surface area (Å²) in [6.45, 7) is 2.10. The molecule has 0 atom stereocenters. The zero-order chi connectivity index (χ0) is 10.2. The summed E-state index contributed by atoms with van der Waals surface area (Å²) < 4.78 is 0. The summed E-state index contributed by atoms with van der Waals surface area (Å²) in [5.41, 5.74) is 1.08. The van der Waals surface area contributed by atoms with E-state index in [1.54, 1.807) is 6.08 Å². The second kappa shape index (κ2) is 6.14. The summed E-state index contributed by atoms with van der Waals surface area (Å²) in [5.74, 6) is 0.185. The third kappa shape index (κ3) is 4.04. The average Bonchev–Trinajstić information content (AvgIpc) is 2.20. The minimum absolute atomic E-state index is 0.185. The second-order valence-corrected chi connectivity index (χ2v) is 3.32. The Morgan fingerprint density at radius 3 is 2.64 bits per heavy atom. The second-order valence-electron chi connectivity index (χ2n) is 3.32. The van der Waals surface area contributed by atoms with Crippen molar-refractivity contribution in [2.45, 2.75) is 26.2 Å². The van der Waals surface area contributed by atoms with Gasteiger partial charge in [-0.25, -0.2) is 0 Å². The van der Waals surface area contributed by atoms with Crippen LogP contribution < -0.4 is 0 Å². The number of carbonyl (C=O) groups is 1. The Morgan fingerprint density at radius 2 is 2.00 bits per heavy atom. The fraction of sp³-hybridized carbons (Fsp3) is 0.308. The molecule has 1 aromatic carbocycles. The van der Waals surface area contributed by atoms with E-state index in [0.29, 0.717) is 6.42 Å². The van der Waals surface area contributed by atoms with E-state index in [9.17, 15) is 4.79 Å².